The van der Waals surface area contributed by atoms with Gasteiger partial charge in [-0.15, -0.1) is 10.2 Å². The number of ether oxygens (including phenoxy) is 3. The van der Waals surface area contributed by atoms with E-state index in [1.807, 2.05) is 0 Å². The van der Waals surface area contributed by atoms with Gasteiger partial charge in [0, 0.05) is 6.42 Å². The summed E-state index contributed by atoms with van der Waals surface area (Å²) in [6.45, 7) is 5.58. The zero-order valence-electron chi connectivity index (χ0n) is 24.2. The van der Waals surface area contributed by atoms with Crippen LogP contribution < -0.4 is 10.1 Å². The number of allylic oxidation sites excluding steroid dienone is 1. The third kappa shape index (κ3) is 7.68. The molecule has 9 nitrogen and oxygen atoms in total. The van der Waals surface area contributed by atoms with E-state index in [4.69, 9.17) is 18.6 Å². The third-order valence-electron chi connectivity index (χ3n) is 6.30. The van der Waals surface area contributed by atoms with Crippen LogP contribution in [0.5, 0.6) is 5.88 Å². The highest BCUT2D eigenvalue weighted by atomic mass is 19.4. The third-order valence-corrected chi connectivity index (χ3v) is 6.30. The van der Waals surface area contributed by atoms with Crippen LogP contribution in [0.25, 0.3) is 11.6 Å². The van der Waals surface area contributed by atoms with Crippen LogP contribution in [0.1, 0.15) is 64.0 Å². The summed E-state index contributed by atoms with van der Waals surface area (Å²) in [7, 11) is 0. The highest BCUT2D eigenvalue weighted by molar-refractivity contribution is 5.89. The predicted octanol–water partition coefficient (Wildman–Crippen LogP) is 7.98. The first-order chi connectivity index (χ1) is 20.5. The van der Waals surface area contributed by atoms with Crippen molar-refractivity contribution in [1.29, 1.82) is 0 Å². The number of hydrogen-bond acceptors (Lipinski definition) is 8. The Morgan fingerprint density at radius 1 is 1.07 bits per heavy atom. The SMILES string of the molecule is CC1CC=CCCC(OCc2ccccc2)(C(F)(F)F)c2nnc(o2)-c2nc(c(C(F)(F)F)cc2NC(=O)OC(C)(C)C)O1. The molecule has 0 saturated carbocycles. The number of hydrogen-bond donors (Lipinski definition) is 1. The number of fused-ring (bicyclic) bond motifs is 5. The summed E-state index contributed by atoms with van der Waals surface area (Å²) in [4.78, 5) is 16.5. The first-order valence-electron chi connectivity index (χ1n) is 13.5. The molecule has 0 aliphatic carbocycles. The Hall–Kier alpha value is -4.14. The molecule has 2 atom stereocenters. The summed E-state index contributed by atoms with van der Waals surface area (Å²) in [6, 6.07) is 8.64. The second-order valence-corrected chi connectivity index (χ2v) is 11.0. The highest BCUT2D eigenvalue weighted by Crippen LogP contribution is 2.47. The molecule has 3 aromatic rings. The van der Waals surface area contributed by atoms with Gasteiger partial charge < -0.3 is 18.6 Å². The zero-order chi connectivity index (χ0) is 32.3. The highest BCUT2D eigenvalue weighted by Gasteiger charge is 2.61. The number of halogens is 6. The summed E-state index contributed by atoms with van der Waals surface area (Å²) < 4.78 is 109. The van der Waals surface area contributed by atoms with Crippen molar-refractivity contribution in [3.63, 3.8) is 0 Å². The lowest BCUT2D eigenvalue weighted by Crippen LogP contribution is -2.45. The van der Waals surface area contributed by atoms with Crippen molar-refractivity contribution in [2.75, 3.05) is 5.32 Å². The van der Waals surface area contributed by atoms with Crippen LogP contribution in [0.3, 0.4) is 0 Å². The molecular formula is C29H30F6N4O5. The molecule has 1 aromatic carbocycles. The maximum Gasteiger partial charge on any atom is 0.426 e. The van der Waals surface area contributed by atoms with Gasteiger partial charge in [0.15, 0.2) is 5.69 Å². The summed E-state index contributed by atoms with van der Waals surface area (Å²) in [5, 5.41) is 9.48. The standard InChI is InChI=1S/C29H30F6N4O5/c1-17-11-7-6-10-14-27(29(33,34)35,41-16-18-12-8-5-9-13-18)24-39-38-23(43-24)21-20(36-25(40)44-26(2,3)4)15-19(28(30,31)32)22(37-21)42-17/h5-9,12-13,15,17H,10-11,14,16H2,1-4H3,(H,36,40). The Kier molecular flexibility index (Phi) is 9.28. The Labute approximate surface area is 248 Å². The van der Waals surface area contributed by atoms with Crippen LogP contribution in [0.2, 0.25) is 0 Å². The van der Waals surface area contributed by atoms with E-state index < -0.39 is 83.4 Å². The fourth-order valence-electron chi connectivity index (χ4n) is 4.24. The van der Waals surface area contributed by atoms with Crippen molar-refractivity contribution in [2.24, 2.45) is 0 Å². The molecule has 44 heavy (non-hydrogen) atoms. The molecule has 2 aromatic heterocycles. The van der Waals surface area contributed by atoms with E-state index in [1.54, 1.807) is 30.3 Å². The molecule has 1 aliphatic rings. The monoisotopic (exact) mass is 628 g/mol. The molecule has 2 unspecified atom stereocenters. The van der Waals surface area contributed by atoms with E-state index in [2.05, 4.69) is 20.5 Å². The van der Waals surface area contributed by atoms with Crippen LogP contribution in [0, 0.1) is 0 Å². The lowest BCUT2D eigenvalue weighted by atomic mass is 9.95. The fraction of sp³-hybridized carbons (Fsp3) is 0.448. The Morgan fingerprint density at radius 3 is 2.41 bits per heavy atom. The summed E-state index contributed by atoms with van der Waals surface area (Å²) in [5.41, 5.74) is -6.24. The van der Waals surface area contributed by atoms with Gasteiger partial charge in [-0.05, 0) is 52.2 Å². The number of nitrogens with one attached hydrogen (secondary N) is 1. The van der Waals surface area contributed by atoms with Gasteiger partial charge in [0.05, 0.1) is 12.3 Å². The van der Waals surface area contributed by atoms with Crippen LogP contribution >= 0.6 is 0 Å². The second-order valence-electron chi connectivity index (χ2n) is 11.0. The lowest BCUT2D eigenvalue weighted by molar-refractivity contribution is -0.299. The molecule has 1 aliphatic heterocycles. The first-order valence-corrected chi connectivity index (χ1v) is 13.5. The Morgan fingerprint density at radius 2 is 1.77 bits per heavy atom. The Bertz CT molecular complexity index is 1480. The Balaban J connectivity index is 1.90. The lowest BCUT2D eigenvalue weighted by Gasteiger charge is -2.32. The summed E-state index contributed by atoms with van der Waals surface area (Å²) >= 11 is 0. The van der Waals surface area contributed by atoms with Crippen LogP contribution in [0.15, 0.2) is 53.0 Å². The number of benzene rings is 1. The second kappa shape index (κ2) is 12.5. The van der Waals surface area contributed by atoms with E-state index in [9.17, 15) is 31.1 Å². The van der Waals surface area contributed by atoms with E-state index in [1.165, 1.54) is 39.8 Å². The average Bonchev–Trinajstić information content (AvgIpc) is 3.39. The molecule has 4 bridgehead atoms. The minimum absolute atomic E-state index is 0.0501. The molecule has 1 amide bonds. The van der Waals surface area contributed by atoms with Crippen molar-refractivity contribution in [3.8, 4) is 17.5 Å². The number of amides is 1. The number of anilines is 1. The van der Waals surface area contributed by atoms with Crippen LogP contribution in [-0.2, 0) is 27.9 Å². The maximum atomic E-state index is 14.9. The number of carbonyl (C=O) groups is 1. The van der Waals surface area contributed by atoms with Gasteiger partial charge in [-0.1, -0.05) is 42.5 Å². The van der Waals surface area contributed by atoms with Gasteiger partial charge in [0.2, 0.25) is 11.5 Å². The molecule has 0 saturated heterocycles. The molecular weight excluding hydrogens is 598 g/mol. The zero-order valence-corrected chi connectivity index (χ0v) is 24.2. The van der Waals surface area contributed by atoms with Crippen LogP contribution in [-0.4, -0.2) is 39.2 Å². The van der Waals surface area contributed by atoms with Crippen molar-refractivity contribution < 1.29 is 49.8 Å². The molecule has 3 heterocycles. The molecule has 0 radical (unpaired) electrons. The van der Waals surface area contributed by atoms with Gasteiger partial charge in [0.25, 0.3) is 11.8 Å². The molecule has 1 N–H and O–H groups in total. The van der Waals surface area contributed by atoms with Crippen molar-refractivity contribution in [2.45, 2.75) is 83.2 Å². The van der Waals surface area contributed by atoms with Gasteiger partial charge in [0.1, 0.15) is 17.3 Å². The van der Waals surface area contributed by atoms with E-state index >= 15 is 0 Å². The number of pyridine rings is 1. The average molecular weight is 629 g/mol. The van der Waals surface area contributed by atoms with Crippen molar-refractivity contribution in [3.05, 3.63) is 65.6 Å². The number of rotatable bonds is 4. The molecule has 238 valence electrons. The molecule has 0 spiro atoms. The van der Waals surface area contributed by atoms with Gasteiger partial charge >= 0.3 is 18.4 Å². The van der Waals surface area contributed by atoms with E-state index in [0.717, 1.165) is 0 Å². The fourth-order valence-corrected chi connectivity index (χ4v) is 4.24. The molecule has 4 rings (SSSR count). The van der Waals surface area contributed by atoms with E-state index in [-0.39, 0.29) is 12.8 Å². The first kappa shape index (κ1) is 32.8. The quantitative estimate of drug-likeness (QED) is 0.229. The van der Waals surface area contributed by atoms with Gasteiger partial charge in [-0.2, -0.15) is 26.3 Å². The smallest absolute Gasteiger partial charge is 0.426 e. The van der Waals surface area contributed by atoms with Crippen molar-refractivity contribution in [1.82, 2.24) is 15.2 Å². The normalized spacial score (nSPS) is 19.5. The van der Waals surface area contributed by atoms with Gasteiger partial charge in [-0.3, -0.25) is 5.32 Å². The number of alkyl halides is 6. The summed E-state index contributed by atoms with van der Waals surface area (Å²) in [6.07, 6.45) is -9.95. The molecule has 0 fully saturated rings. The predicted molar refractivity (Wildman–Crippen MR) is 144 cm³/mol. The van der Waals surface area contributed by atoms with Gasteiger partial charge in [-0.25, -0.2) is 9.78 Å². The summed E-state index contributed by atoms with van der Waals surface area (Å²) in [5.74, 6) is -2.62. The maximum absolute atomic E-state index is 14.9. The van der Waals surface area contributed by atoms with Crippen LogP contribution in [0.4, 0.5) is 36.8 Å². The van der Waals surface area contributed by atoms with Crippen molar-refractivity contribution >= 4 is 11.8 Å². The van der Waals surface area contributed by atoms with E-state index in [0.29, 0.717) is 11.6 Å². The topological polar surface area (TPSA) is 109 Å². The minimum atomic E-state index is -5.07. The number of carbonyl (C=O) groups excluding carboxylic acids is 1. The number of nitrogens with zero attached hydrogens (tertiary/aromatic N) is 3. The number of aromatic nitrogens is 3. The molecule has 15 heteroatoms. The largest absolute Gasteiger partial charge is 0.474 e. The minimum Gasteiger partial charge on any atom is -0.474 e.